The zero-order chi connectivity index (χ0) is 17.1. The van der Waals surface area contributed by atoms with Crippen molar-refractivity contribution in [3.63, 3.8) is 0 Å². The monoisotopic (exact) mass is 318 g/mol. The van der Waals surface area contributed by atoms with E-state index in [9.17, 15) is 18.4 Å². The molecule has 0 unspecified atom stereocenters. The third-order valence-electron chi connectivity index (χ3n) is 3.63. The normalized spacial score (nSPS) is 10.7. The maximum atomic E-state index is 12.3. The lowest BCUT2D eigenvalue weighted by Gasteiger charge is -2.09. The first-order valence-corrected chi connectivity index (χ1v) is 7.01. The van der Waals surface area contributed by atoms with Gasteiger partial charge in [0.05, 0.1) is 0 Å². The van der Waals surface area contributed by atoms with Gasteiger partial charge in [-0.25, -0.2) is 0 Å². The number of carbonyl (C=O) groups is 2. The molecule has 0 saturated carbocycles. The summed E-state index contributed by atoms with van der Waals surface area (Å²) in [6.07, 6.45) is 0. The Kier molecular flexibility index (Phi) is 4.89. The predicted molar refractivity (Wildman–Crippen MR) is 82.4 cm³/mol. The number of halogens is 2. The van der Waals surface area contributed by atoms with Gasteiger partial charge in [-0.05, 0) is 61.7 Å². The summed E-state index contributed by atoms with van der Waals surface area (Å²) in [5.74, 6) is -1.33. The van der Waals surface area contributed by atoms with Crippen LogP contribution >= 0.6 is 0 Å². The Morgan fingerprint density at radius 3 is 1.83 bits per heavy atom. The molecule has 0 heterocycles. The molecule has 2 aromatic rings. The fourth-order valence-corrected chi connectivity index (χ4v) is 2.16. The van der Waals surface area contributed by atoms with Crippen LogP contribution in [0.25, 0.3) is 0 Å². The molecule has 120 valence electrons. The van der Waals surface area contributed by atoms with Gasteiger partial charge < -0.3 is 4.74 Å². The largest absolute Gasteiger partial charge is 0.435 e. The minimum atomic E-state index is -2.94. The number of ketones is 2. The van der Waals surface area contributed by atoms with Crippen molar-refractivity contribution in [2.24, 2.45) is 0 Å². The molecule has 0 aliphatic rings. The van der Waals surface area contributed by atoms with Gasteiger partial charge in [0.25, 0.3) is 0 Å². The first-order chi connectivity index (χ1) is 10.8. The predicted octanol–water partition coefficient (Wildman–Crippen LogP) is 4.28. The van der Waals surface area contributed by atoms with Crippen molar-refractivity contribution in [3.8, 4) is 5.75 Å². The Morgan fingerprint density at radius 2 is 1.35 bits per heavy atom. The van der Waals surface area contributed by atoms with Crippen LogP contribution in [-0.4, -0.2) is 18.2 Å². The minimum absolute atomic E-state index is 0.0184. The zero-order valence-corrected chi connectivity index (χ0v) is 13.0. The molecule has 0 bridgehead atoms. The van der Waals surface area contributed by atoms with E-state index in [0.717, 1.165) is 11.1 Å². The van der Waals surface area contributed by atoms with Gasteiger partial charge in [0.2, 0.25) is 11.6 Å². The van der Waals surface area contributed by atoms with E-state index in [1.807, 2.05) is 13.8 Å². The van der Waals surface area contributed by atoms with Crippen LogP contribution in [0.15, 0.2) is 36.4 Å². The summed E-state index contributed by atoms with van der Waals surface area (Å²) in [6, 6.07) is 8.99. The Hall–Kier alpha value is -2.56. The van der Waals surface area contributed by atoms with E-state index in [2.05, 4.69) is 4.74 Å². The highest BCUT2D eigenvalue weighted by Crippen LogP contribution is 2.22. The van der Waals surface area contributed by atoms with Crippen molar-refractivity contribution < 1.29 is 23.1 Å². The molecular formula is C18H16F2O3. The van der Waals surface area contributed by atoms with E-state index < -0.39 is 18.2 Å². The summed E-state index contributed by atoms with van der Waals surface area (Å²) in [5.41, 5.74) is 2.76. The van der Waals surface area contributed by atoms with Crippen LogP contribution in [0.3, 0.4) is 0 Å². The fraction of sp³-hybridized carbons (Fsp3) is 0.222. The lowest BCUT2D eigenvalue weighted by atomic mass is 9.97. The molecular weight excluding hydrogens is 302 g/mol. The number of Topliss-reactive ketones (excluding diaryl/α,β-unsaturated/α-hetero) is 2. The number of hydrogen-bond acceptors (Lipinski definition) is 3. The van der Waals surface area contributed by atoms with Gasteiger partial charge in [0, 0.05) is 11.1 Å². The fourth-order valence-electron chi connectivity index (χ4n) is 2.16. The smallest absolute Gasteiger partial charge is 0.387 e. The average molecular weight is 318 g/mol. The van der Waals surface area contributed by atoms with Gasteiger partial charge in [0.15, 0.2) is 0 Å². The molecule has 2 rings (SSSR count). The summed E-state index contributed by atoms with van der Waals surface area (Å²) >= 11 is 0. The number of aryl methyl sites for hydroxylation is 3. The van der Waals surface area contributed by atoms with Gasteiger partial charge >= 0.3 is 6.61 Å². The van der Waals surface area contributed by atoms with Gasteiger partial charge in [0.1, 0.15) is 5.75 Å². The molecule has 5 heteroatoms. The van der Waals surface area contributed by atoms with Crippen molar-refractivity contribution in [2.75, 3.05) is 0 Å². The molecule has 23 heavy (non-hydrogen) atoms. The maximum Gasteiger partial charge on any atom is 0.387 e. The van der Waals surface area contributed by atoms with Crippen molar-refractivity contribution in [3.05, 3.63) is 64.2 Å². The van der Waals surface area contributed by atoms with Crippen LogP contribution in [-0.2, 0) is 0 Å². The Bertz CT molecular complexity index is 767. The molecule has 2 aromatic carbocycles. The van der Waals surface area contributed by atoms with Crippen LogP contribution in [0.2, 0.25) is 0 Å². The Morgan fingerprint density at radius 1 is 0.826 bits per heavy atom. The van der Waals surface area contributed by atoms with E-state index in [-0.39, 0.29) is 11.3 Å². The summed E-state index contributed by atoms with van der Waals surface area (Å²) in [4.78, 5) is 24.6. The van der Waals surface area contributed by atoms with Crippen molar-refractivity contribution in [1.29, 1.82) is 0 Å². The molecule has 3 nitrogen and oxygen atoms in total. The molecule has 0 fully saturated rings. The molecule has 0 aliphatic carbocycles. The molecule has 0 atom stereocenters. The van der Waals surface area contributed by atoms with Crippen LogP contribution in [0.1, 0.15) is 37.4 Å². The van der Waals surface area contributed by atoms with Crippen molar-refractivity contribution in [2.45, 2.75) is 27.4 Å². The Labute approximate surface area is 132 Å². The number of rotatable bonds is 5. The molecule has 0 saturated heterocycles. The first kappa shape index (κ1) is 16.8. The highest BCUT2D eigenvalue weighted by Gasteiger charge is 2.20. The van der Waals surface area contributed by atoms with E-state index in [1.165, 1.54) is 25.1 Å². The third-order valence-corrected chi connectivity index (χ3v) is 3.63. The summed E-state index contributed by atoms with van der Waals surface area (Å²) in [7, 11) is 0. The van der Waals surface area contributed by atoms with Crippen LogP contribution in [0.5, 0.6) is 5.75 Å². The molecule has 0 N–H and O–H groups in total. The van der Waals surface area contributed by atoms with Crippen molar-refractivity contribution >= 4 is 11.6 Å². The second-order valence-corrected chi connectivity index (χ2v) is 5.32. The van der Waals surface area contributed by atoms with Crippen molar-refractivity contribution in [1.82, 2.24) is 0 Å². The number of alkyl halides is 2. The van der Waals surface area contributed by atoms with Crippen LogP contribution < -0.4 is 4.74 Å². The zero-order valence-electron chi connectivity index (χ0n) is 13.0. The number of benzene rings is 2. The highest BCUT2D eigenvalue weighted by atomic mass is 19.3. The molecule has 0 amide bonds. The van der Waals surface area contributed by atoms with Gasteiger partial charge in [-0.3, -0.25) is 9.59 Å². The van der Waals surface area contributed by atoms with E-state index in [0.29, 0.717) is 11.1 Å². The second-order valence-electron chi connectivity index (χ2n) is 5.32. The number of ether oxygens (including phenoxy) is 1. The molecule has 0 aromatic heterocycles. The summed E-state index contributed by atoms with van der Waals surface area (Å²) in [5, 5.41) is 0. The first-order valence-electron chi connectivity index (χ1n) is 7.01. The maximum absolute atomic E-state index is 12.3. The topological polar surface area (TPSA) is 43.4 Å². The van der Waals surface area contributed by atoms with Gasteiger partial charge in [-0.15, -0.1) is 0 Å². The lowest BCUT2D eigenvalue weighted by molar-refractivity contribution is -0.0502. The lowest BCUT2D eigenvalue weighted by Crippen LogP contribution is -2.15. The summed E-state index contributed by atoms with van der Waals surface area (Å²) in [6.45, 7) is 2.37. The summed E-state index contributed by atoms with van der Waals surface area (Å²) < 4.78 is 28.8. The average Bonchev–Trinajstić information content (AvgIpc) is 2.50. The molecule has 0 aliphatic heterocycles. The SMILES string of the molecule is Cc1ccc(C(=O)C(=O)c2ccc(OC(F)F)c(C)c2)cc1C. The minimum Gasteiger partial charge on any atom is -0.435 e. The van der Waals surface area contributed by atoms with E-state index in [1.54, 1.807) is 18.2 Å². The highest BCUT2D eigenvalue weighted by molar-refractivity contribution is 6.49. The van der Waals surface area contributed by atoms with E-state index >= 15 is 0 Å². The number of hydrogen-bond donors (Lipinski definition) is 0. The van der Waals surface area contributed by atoms with Gasteiger partial charge in [-0.2, -0.15) is 8.78 Å². The van der Waals surface area contributed by atoms with Crippen LogP contribution in [0, 0.1) is 20.8 Å². The molecule has 0 spiro atoms. The Balaban J connectivity index is 2.27. The second kappa shape index (κ2) is 6.69. The van der Waals surface area contributed by atoms with E-state index in [4.69, 9.17) is 0 Å². The third kappa shape index (κ3) is 3.80. The van der Waals surface area contributed by atoms with Crippen LogP contribution in [0.4, 0.5) is 8.78 Å². The quantitative estimate of drug-likeness (QED) is 0.610. The molecule has 0 radical (unpaired) electrons. The number of carbonyl (C=O) groups excluding carboxylic acids is 2. The standard InChI is InChI=1S/C18H16F2O3/c1-10-4-5-13(8-11(10)2)16(21)17(22)14-6-7-15(12(3)9-14)23-18(19)20/h4-9,18H,1-3H3. The van der Waals surface area contributed by atoms with Gasteiger partial charge in [-0.1, -0.05) is 12.1 Å².